The van der Waals surface area contributed by atoms with Gasteiger partial charge in [-0.05, 0) is 43.2 Å². The first kappa shape index (κ1) is 25.5. The Labute approximate surface area is 211 Å². The molecule has 36 heavy (non-hydrogen) atoms. The maximum atomic E-state index is 14.8. The van der Waals surface area contributed by atoms with Gasteiger partial charge in [0.05, 0.1) is 35.7 Å². The molecule has 2 atom stereocenters. The third-order valence-electron chi connectivity index (χ3n) is 6.00. The van der Waals surface area contributed by atoms with E-state index in [1.165, 1.54) is 30.5 Å². The Balaban J connectivity index is 1.68. The van der Waals surface area contributed by atoms with Gasteiger partial charge in [-0.15, -0.1) is 0 Å². The number of aromatic nitrogens is 5. The van der Waals surface area contributed by atoms with Crippen LogP contribution in [0.2, 0.25) is 5.02 Å². The predicted molar refractivity (Wildman–Crippen MR) is 130 cm³/mol. The van der Waals surface area contributed by atoms with Gasteiger partial charge in [-0.1, -0.05) is 31.5 Å². The molecule has 8 nitrogen and oxygen atoms in total. The van der Waals surface area contributed by atoms with Crippen LogP contribution in [0, 0.1) is 11.6 Å². The smallest absolute Gasteiger partial charge is 0.255 e. The second kappa shape index (κ2) is 10.2. The van der Waals surface area contributed by atoms with E-state index in [2.05, 4.69) is 20.5 Å². The standard InChI is InChI=1S/C25H25ClF2N6O2/c1-15(2)23-20(11-30-34(23)19-7-4-17(26)5-8-19)24(35)32-16(3)25(36,12-33-14-29-13-31-33)21-9-6-18(27)10-22(21)28/h4-11,13-16,36H,12H2,1-3H3,(H,32,35)/t16-,25-/m1/s1. The molecule has 11 heteroatoms. The van der Waals surface area contributed by atoms with Gasteiger partial charge in [0, 0.05) is 16.7 Å². The lowest BCUT2D eigenvalue weighted by Crippen LogP contribution is -2.52. The Morgan fingerprint density at radius 3 is 2.47 bits per heavy atom. The number of aliphatic hydroxyl groups is 1. The van der Waals surface area contributed by atoms with Crippen LogP contribution in [-0.2, 0) is 12.1 Å². The van der Waals surface area contributed by atoms with E-state index in [4.69, 9.17) is 11.6 Å². The van der Waals surface area contributed by atoms with Crippen molar-refractivity contribution in [3.05, 3.63) is 94.8 Å². The Hall–Kier alpha value is -3.63. The molecule has 4 aromatic rings. The summed E-state index contributed by atoms with van der Waals surface area (Å²) in [5.74, 6) is -2.32. The van der Waals surface area contributed by atoms with Crippen molar-refractivity contribution >= 4 is 17.5 Å². The Kier molecular flexibility index (Phi) is 7.18. The number of rotatable bonds is 8. The van der Waals surface area contributed by atoms with Gasteiger partial charge in [0.1, 0.15) is 29.9 Å². The molecule has 0 fully saturated rings. The van der Waals surface area contributed by atoms with Gasteiger partial charge in [0.25, 0.3) is 5.91 Å². The lowest BCUT2D eigenvalue weighted by Gasteiger charge is -2.35. The SMILES string of the molecule is CC(C)c1c(C(=O)N[C@H](C)[C@](O)(Cn2cncn2)c2ccc(F)cc2F)cnn1-c1ccc(Cl)cc1. The summed E-state index contributed by atoms with van der Waals surface area (Å²) in [7, 11) is 0. The number of nitrogens with one attached hydrogen (secondary N) is 1. The number of hydrogen-bond donors (Lipinski definition) is 2. The van der Waals surface area contributed by atoms with E-state index in [9.17, 15) is 18.7 Å². The number of halogens is 3. The van der Waals surface area contributed by atoms with Crippen molar-refractivity contribution in [2.75, 3.05) is 0 Å². The largest absolute Gasteiger partial charge is 0.381 e. The van der Waals surface area contributed by atoms with Crippen molar-refractivity contribution < 1.29 is 18.7 Å². The first-order valence-electron chi connectivity index (χ1n) is 11.2. The molecule has 188 valence electrons. The summed E-state index contributed by atoms with van der Waals surface area (Å²) in [6.07, 6.45) is 4.07. The Bertz CT molecular complexity index is 1360. The zero-order valence-electron chi connectivity index (χ0n) is 19.9. The Morgan fingerprint density at radius 2 is 1.86 bits per heavy atom. The minimum absolute atomic E-state index is 0.0807. The van der Waals surface area contributed by atoms with Crippen LogP contribution < -0.4 is 5.32 Å². The van der Waals surface area contributed by atoms with Crippen LogP contribution in [0.1, 0.15) is 48.3 Å². The molecule has 0 radical (unpaired) electrons. The van der Waals surface area contributed by atoms with E-state index in [0.29, 0.717) is 22.3 Å². The highest BCUT2D eigenvalue weighted by molar-refractivity contribution is 6.30. The molecule has 4 rings (SSSR count). The zero-order valence-corrected chi connectivity index (χ0v) is 20.6. The summed E-state index contributed by atoms with van der Waals surface area (Å²) in [6.45, 7) is 5.16. The van der Waals surface area contributed by atoms with Gasteiger partial charge in [0.15, 0.2) is 0 Å². The highest BCUT2D eigenvalue weighted by Gasteiger charge is 2.40. The predicted octanol–water partition coefficient (Wildman–Crippen LogP) is 4.23. The average Bonchev–Trinajstić information content (AvgIpc) is 3.49. The van der Waals surface area contributed by atoms with Crippen molar-refractivity contribution in [2.24, 2.45) is 0 Å². The van der Waals surface area contributed by atoms with E-state index in [1.54, 1.807) is 28.9 Å². The van der Waals surface area contributed by atoms with Gasteiger partial charge >= 0.3 is 0 Å². The van der Waals surface area contributed by atoms with E-state index >= 15 is 0 Å². The van der Waals surface area contributed by atoms with Crippen molar-refractivity contribution in [3.63, 3.8) is 0 Å². The van der Waals surface area contributed by atoms with Gasteiger partial charge in [-0.3, -0.25) is 4.79 Å². The Morgan fingerprint density at radius 1 is 1.14 bits per heavy atom. The third kappa shape index (κ3) is 5.00. The van der Waals surface area contributed by atoms with E-state index in [0.717, 1.165) is 17.8 Å². The lowest BCUT2D eigenvalue weighted by atomic mass is 9.86. The lowest BCUT2D eigenvalue weighted by molar-refractivity contribution is -0.0186. The monoisotopic (exact) mass is 514 g/mol. The second-order valence-electron chi connectivity index (χ2n) is 8.82. The summed E-state index contributed by atoms with van der Waals surface area (Å²) in [5.41, 5.74) is -0.491. The first-order valence-corrected chi connectivity index (χ1v) is 11.6. The summed E-state index contributed by atoms with van der Waals surface area (Å²) in [6, 6.07) is 8.91. The molecule has 0 aliphatic rings. The van der Waals surface area contributed by atoms with Crippen LogP contribution in [0.3, 0.4) is 0 Å². The molecular formula is C25H25ClF2N6O2. The van der Waals surface area contributed by atoms with Gasteiger partial charge in [-0.2, -0.15) is 10.2 Å². The molecule has 2 aromatic heterocycles. The van der Waals surface area contributed by atoms with Crippen LogP contribution in [0.4, 0.5) is 8.78 Å². The summed E-state index contributed by atoms with van der Waals surface area (Å²) in [4.78, 5) is 17.3. The highest BCUT2D eigenvalue weighted by Crippen LogP contribution is 2.31. The molecule has 0 spiro atoms. The molecule has 0 saturated heterocycles. The van der Waals surface area contributed by atoms with Crippen molar-refractivity contribution in [1.29, 1.82) is 0 Å². The normalized spacial score (nSPS) is 14.0. The van der Waals surface area contributed by atoms with E-state index < -0.39 is 29.2 Å². The molecule has 1 amide bonds. The molecule has 0 aliphatic carbocycles. The average molecular weight is 515 g/mol. The molecule has 2 heterocycles. The molecule has 0 aliphatic heterocycles. The third-order valence-corrected chi connectivity index (χ3v) is 6.25. The van der Waals surface area contributed by atoms with Crippen LogP contribution in [0.5, 0.6) is 0 Å². The number of carbonyl (C=O) groups excluding carboxylic acids is 1. The molecule has 0 saturated carbocycles. The zero-order chi connectivity index (χ0) is 26.0. The second-order valence-corrected chi connectivity index (χ2v) is 9.26. The topological polar surface area (TPSA) is 97.9 Å². The van der Waals surface area contributed by atoms with Crippen molar-refractivity contribution in [3.8, 4) is 5.69 Å². The number of benzene rings is 2. The molecule has 0 bridgehead atoms. The van der Waals surface area contributed by atoms with Crippen LogP contribution in [0.25, 0.3) is 5.69 Å². The fourth-order valence-electron chi connectivity index (χ4n) is 4.13. The maximum Gasteiger partial charge on any atom is 0.255 e. The molecule has 0 unspecified atom stereocenters. The van der Waals surface area contributed by atoms with Crippen molar-refractivity contribution in [1.82, 2.24) is 29.9 Å². The summed E-state index contributed by atoms with van der Waals surface area (Å²) < 4.78 is 31.4. The van der Waals surface area contributed by atoms with Crippen LogP contribution in [0.15, 0.2) is 61.3 Å². The number of amides is 1. The molecular weight excluding hydrogens is 490 g/mol. The van der Waals surface area contributed by atoms with Crippen LogP contribution >= 0.6 is 11.6 Å². The minimum atomic E-state index is -1.98. The number of nitrogens with zero attached hydrogens (tertiary/aromatic N) is 5. The quantitative estimate of drug-likeness (QED) is 0.367. The number of carbonyl (C=O) groups is 1. The van der Waals surface area contributed by atoms with E-state index in [1.807, 2.05) is 13.8 Å². The van der Waals surface area contributed by atoms with Gasteiger partial charge < -0.3 is 10.4 Å². The van der Waals surface area contributed by atoms with Crippen LogP contribution in [-0.4, -0.2) is 41.6 Å². The minimum Gasteiger partial charge on any atom is -0.381 e. The summed E-state index contributed by atoms with van der Waals surface area (Å²) in [5, 5.41) is 23.4. The van der Waals surface area contributed by atoms with Gasteiger partial charge in [-0.25, -0.2) is 23.1 Å². The first-order chi connectivity index (χ1) is 17.1. The maximum absolute atomic E-state index is 14.8. The van der Waals surface area contributed by atoms with Crippen molar-refractivity contribution in [2.45, 2.75) is 44.9 Å². The fraction of sp³-hybridized carbons (Fsp3) is 0.280. The fourth-order valence-corrected chi connectivity index (χ4v) is 4.25. The molecule has 2 aromatic carbocycles. The van der Waals surface area contributed by atoms with E-state index in [-0.39, 0.29) is 18.0 Å². The number of hydrogen-bond acceptors (Lipinski definition) is 5. The highest BCUT2D eigenvalue weighted by atomic mass is 35.5. The molecule has 2 N–H and O–H groups in total. The van der Waals surface area contributed by atoms with Gasteiger partial charge in [0.2, 0.25) is 0 Å². The summed E-state index contributed by atoms with van der Waals surface area (Å²) >= 11 is 6.00.